The van der Waals surface area contributed by atoms with E-state index in [9.17, 15) is 0 Å². The van der Waals surface area contributed by atoms with Crippen LogP contribution in [0.4, 0.5) is 0 Å². The van der Waals surface area contributed by atoms with Crippen molar-refractivity contribution in [3.63, 3.8) is 0 Å². The van der Waals surface area contributed by atoms with Crippen molar-refractivity contribution < 1.29 is 0 Å². The van der Waals surface area contributed by atoms with Crippen LogP contribution < -0.4 is 0 Å². The number of nitrogens with one attached hydrogen (secondary N) is 1. The Labute approximate surface area is 118 Å². The Hall–Kier alpha value is -0.130. The van der Waals surface area contributed by atoms with Gasteiger partial charge in [-0.1, -0.05) is 13.3 Å². The standard InChI is InChI=1S/C13H23N3S2/c1-3-4-11-7-12(15-14-11)8-16(2)13-9-17-5-6-18-10-13/h7,13H,3-6,8-10H2,1-2H3,(H,14,15). The van der Waals surface area contributed by atoms with Gasteiger partial charge in [-0.25, -0.2) is 0 Å². The average Bonchev–Trinajstić information content (AvgIpc) is 2.65. The minimum Gasteiger partial charge on any atom is -0.296 e. The molecule has 0 unspecified atom stereocenters. The fraction of sp³-hybridized carbons (Fsp3) is 0.769. The number of hydrogen-bond acceptors (Lipinski definition) is 4. The maximum atomic E-state index is 4.36. The molecule has 5 heteroatoms. The molecular weight excluding hydrogens is 262 g/mol. The van der Waals surface area contributed by atoms with Crippen LogP contribution in [0.1, 0.15) is 24.7 Å². The molecule has 2 heterocycles. The number of nitrogens with zero attached hydrogens (tertiary/aromatic N) is 2. The topological polar surface area (TPSA) is 31.9 Å². The quantitative estimate of drug-likeness (QED) is 0.901. The van der Waals surface area contributed by atoms with Gasteiger partial charge in [0, 0.05) is 41.3 Å². The molecule has 2 rings (SSSR count). The molecule has 1 N–H and O–H groups in total. The summed E-state index contributed by atoms with van der Waals surface area (Å²) in [6.07, 6.45) is 2.24. The lowest BCUT2D eigenvalue weighted by Crippen LogP contribution is -2.35. The van der Waals surface area contributed by atoms with Crippen LogP contribution in [0, 0.1) is 0 Å². The molecule has 0 aliphatic carbocycles. The van der Waals surface area contributed by atoms with Crippen molar-refractivity contribution in [2.75, 3.05) is 30.1 Å². The molecule has 1 aliphatic heterocycles. The summed E-state index contributed by atoms with van der Waals surface area (Å²) >= 11 is 4.18. The van der Waals surface area contributed by atoms with Crippen molar-refractivity contribution >= 4 is 23.5 Å². The van der Waals surface area contributed by atoms with Gasteiger partial charge in [0.2, 0.25) is 0 Å². The first-order valence-corrected chi connectivity index (χ1v) is 8.99. The molecule has 0 aromatic carbocycles. The fourth-order valence-corrected chi connectivity index (χ4v) is 4.85. The van der Waals surface area contributed by atoms with Gasteiger partial charge in [0.05, 0.1) is 5.69 Å². The predicted octanol–water partition coefficient (Wildman–Crippen LogP) is 2.64. The van der Waals surface area contributed by atoms with Gasteiger partial charge in [-0.15, -0.1) is 0 Å². The van der Waals surface area contributed by atoms with Crippen LogP contribution in [0.2, 0.25) is 0 Å². The third-order valence-electron chi connectivity index (χ3n) is 3.23. The Morgan fingerprint density at radius 3 is 2.78 bits per heavy atom. The Morgan fingerprint density at radius 2 is 2.11 bits per heavy atom. The van der Waals surface area contributed by atoms with Crippen molar-refractivity contribution in [3.8, 4) is 0 Å². The molecule has 102 valence electrons. The number of aromatic nitrogens is 2. The number of thioether (sulfide) groups is 2. The van der Waals surface area contributed by atoms with Gasteiger partial charge < -0.3 is 0 Å². The van der Waals surface area contributed by atoms with E-state index in [0.29, 0.717) is 6.04 Å². The lowest BCUT2D eigenvalue weighted by molar-refractivity contribution is 0.270. The van der Waals surface area contributed by atoms with E-state index in [0.717, 1.165) is 19.4 Å². The number of rotatable bonds is 5. The Bertz CT molecular complexity index is 346. The smallest absolute Gasteiger partial charge is 0.0625 e. The molecule has 0 saturated carbocycles. The van der Waals surface area contributed by atoms with Crippen molar-refractivity contribution in [2.45, 2.75) is 32.4 Å². The van der Waals surface area contributed by atoms with E-state index < -0.39 is 0 Å². The highest BCUT2D eigenvalue weighted by molar-refractivity contribution is 8.03. The summed E-state index contributed by atoms with van der Waals surface area (Å²) in [5.74, 6) is 5.14. The summed E-state index contributed by atoms with van der Waals surface area (Å²) in [5, 5.41) is 7.53. The Morgan fingerprint density at radius 1 is 1.39 bits per heavy atom. The van der Waals surface area contributed by atoms with Crippen molar-refractivity contribution in [3.05, 3.63) is 17.5 Å². The molecule has 1 aromatic heterocycles. The Kier molecular flexibility index (Phi) is 5.92. The van der Waals surface area contributed by atoms with Crippen LogP contribution in [0.5, 0.6) is 0 Å². The molecule has 0 atom stereocenters. The zero-order valence-corrected chi connectivity index (χ0v) is 12.9. The van der Waals surface area contributed by atoms with Gasteiger partial charge in [-0.05, 0) is 19.5 Å². The van der Waals surface area contributed by atoms with E-state index in [1.54, 1.807) is 0 Å². The summed E-state index contributed by atoms with van der Waals surface area (Å²) in [6, 6.07) is 2.91. The van der Waals surface area contributed by atoms with Crippen LogP contribution in [0.3, 0.4) is 0 Å². The summed E-state index contributed by atoms with van der Waals surface area (Å²) in [7, 11) is 2.23. The lowest BCUT2D eigenvalue weighted by atomic mass is 10.2. The molecule has 0 bridgehead atoms. The van der Waals surface area contributed by atoms with E-state index in [4.69, 9.17) is 0 Å². The zero-order chi connectivity index (χ0) is 12.8. The van der Waals surface area contributed by atoms with Gasteiger partial charge in [-0.3, -0.25) is 10.00 Å². The Balaban J connectivity index is 1.86. The number of H-pyrrole nitrogens is 1. The van der Waals surface area contributed by atoms with E-state index in [1.807, 2.05) is 0 Å². The molecule has 0 amide bonds. The van der Waals surface area contributed by atoms with Crippen molar-refractivity contribution in [1.29, 1.82) is 0 Å². The normalized spacial score (nSPS) is 18.2. The van der Waals surface area contributed by atoms with Gasteiger partial charge >= 0.3 is 0 Å². The number of hydrogen-bond donors (Lipinski definition) is 1. The highest BCUT2D eigenvalue weighted by atomic mass is 32.2. The minimum absolute atomic E-state index is 0.695. The summed E-state index contributed by atoms with van der Waals surface area (Å²) in [5.41, 5.74) is 2.45. The van der Waals surface area contributed by atoms with E-state index >= 15 is 0 Å². The van der Waals surface area contributed by atoms with Crippen LogP contribution in [0.15, 0.2) is 6.07 Å². The molecule has 1 aromatic rings. The van der Waals surface area contributed by atoms with Gasteiger partial charge in [0.1, 0.15) is 0 Å². The molecule has 1 fully saturated rings. The maximum Gasteiger partial charge on any atom is 0.0625 e. The first kappa shape index (κ1) is 14.3. The second-order valence-electron chi connectivity index (χ2n) is 4.85. The third kappa shape index (κ3) is 4.21. The molecule has 3 nitrogen and oxygen atoms in total. The van der Waals surface area contributed by atoms with Crippen LogP contribution in [0.25, 0.3) is 0 Å². The minimum atomic E-state index is 0.695. The van der Waals surface area contributed by atoms with Crippen molar-refractivity contribution in [1.82, 2.24) is 15.1 Å². The maximum absolute atomic E-state index is 4.36. The van der Waals surface area contributed by atoms with Gasteiger partial charge in [0.25, 0.3) is 0 Å². The lowest BCUT2D eigenvalue weighted by Gasteiger charge is -2.25. The number of aromatic amines is 1. The predicted molar refractivity (Wildman–Crippen MR) is 82.5 cm³/mol. The molecule has 1 aliphatic rings. The van der Waals surface area contributed by atoms with Gasteiger partial charge in [0.15, 0.2) is 0 Å². The largest absolute Gasteiger partial charge is 0.296 e. The molecule has 18 heavy (non-hydrogen) atoms. The SMILES string of the molecule is CCCc1cc(CN(C)C2CSCCSC2)[nH]n1. The molecule has 1 saturated heterocycles. The summed E-state index contributed by atoms with van der Waals surface area (Å²) < 4.78 is 0. The fourth-order valence-electron chi connectivity index (χ4n) is 2.13. The molecule has 0 radical (unpaired) electrons. The highest BCUT2D eigenvalue weighted by Gasteiger charge is 2.18. The second-order valence-corrected chi connectivity index (χ2v) is 7.15. The summed E-state index contributed by atoms with van der Waals surface area (Å²) in [6.45, 7) is 3.18. The average molecular weight is 285 g/mol. The van der Waals surface area contributed by atoms with E-state index in [1.165, 1.54) is 34.4 Å². The summed E-state index contributed by atoms with van der Waals surface area (Å²) in [4.78, 5) is 2.47. The second kappa shape index (κ2) is 7.46. The van der Waals surface area contributed by atoms with E-state index in [-0.39, 0.29) is 0 Å². The first-order valence-electron chi connectivity index (χ1n) is 6.68. The highest BCUT2D eigenvalue weighted by Crippen LogP contribution is 2.20. The molecule has 0 spiro atoms. The van der Waals surface area contributed by atoms with Crippen LogP contribution >= 0.6 is 23.5 Å². The third-order valence-corrected chi connectivity index (χ3v) is 5.71. The van der Waals surface area contributed by atoms with Crippen LogP contribution in [-0.2, 0) is 13.0 Å². The van der Waals surface area contributed by atoms with Gasteiger partial charge in [-0.2, -0.15) is 28.6 Å². The zero-order valence-electron chi connectivity index (χ0n) is 11.3. The van der Waals surface area contributed by atoms with Crippen LogP contribution in [-0.4, -0.2) is 51.2 Å². The monoisotopic (exact) mass is 285 g/mol. The van der Waals surface area contributed by atoms with Crippen molar-refractivity contribution in [2.24, 2.45) is 0 Å². The first-order chi connectivity index (χ1) is 8.79. The van der Waals surface area contributed by atoms with E-state index in [2.05, 4.69) is 58.7 Å². The number of aryl methyl sites for hydroxylation is 1. The molecular formula is C13H23N3S2.